The van der Waals surface area contributed by atoms with Crippen molar-refractivity contribution in [2.45, 2.75) is 6.92 Å². The average Bonchev–Trinajstić information content (AvgIpc) is 2.38. The Morgan fingerprint density at radius 1 is 1.21 bits per heavy atom. The SMILES string of the molecule is Cc1c(Cl)cccc1NC(=O)c1cc(Br)ccc1Br. The second-order valence-corrected chi connectivity index (χ2v) is 6.17. The largest absolute Gasteiger partial charge is 0.322 e. The summed E-state index contributed by atoms with van der Waals surface area (Å²) in [6, 6.07) is 10.9. The summed E-state index contributed by atoms with van der Waals surface area (Å²) < 4.78 is 1.59. The van der Waals surface area contributed by atoms with E-state index < -0.39 is 0 Å². The molecule has 0 radical (unpaired) electrons. The molecule has 0 aliphatic heterocycles. The van der Waals surface area contributed by atoms with Crippen LogP contribution < -0.4 is 5.32 Å². The van der Waals surface area contributed by atoms with Crippen LogP contribution in [0.15, 0.2) is 45.3 Å². The van der Waals surface area contributed by atoms with Crippen molar-refractivity contribution in [3.05, 3.63) is 61.5 Å². The molecule has 19 heavy (non-hydrogen) atoms. The molecule has 2 rings (SSSR count). The number of hydrogen-bond donors (Lipinski definition) is 1. The molecule has 0 aliphatic carbocycles. The summed E-state index contributed by atoms with van der Waals surface area (Å²) in [4.78, 5) is 12.2. The van der Waals surface area contributed by atoms with E-state index in [0.717, 1.165) is 14.5 Å². The van der Waals surface area contributed by atoms with Crippen LogP contribution in [0.4, 0.5) is 5.69 Å². The number of hydrogen-bond acceptors (Lipinski definition) is 1. The molecule has 0 heterocycles. The molecule has 1 amide bonds. The molecular weight excluding hydrogens is 393 g/mol. The highest BCUT2D eigenvalue weighted by Gasteiger charge is 2.12. The van der Waals surface area contributed by atoms with Gasteiger partial charge in [0.2, 0.25) is 0 Å². The van der Waals surface area contributed by atoms with Gasteiger partial charge in [0, 0.05) is 19.7 Å². The fraction of sp³-hybridized carbons (Fsp3) is 0.0714. The molecule has 0 spiro atoms. The molecule has 2 aromatic carbocycles. The van der Waals surface area contributed by atoms with Crippen LogP contribution in [0.25, 0.3) is 0 Å². The molecule has 0 fully saturated rings. The van der Waals surface area contributed by atoms with Crippen LogP contribution in [0.2, 0.25) is 5.02 Å². The van der Waals surface area contributed by atoms with E-state index in [9.17, 15) is 4.79 Å². The van der Waals surface area contributed by atoms with Crippen LogP contribution in [0.5, 0.6) is 0 Å². The van der Waals surface area contributed by atoms with E-state index in [0.29, 0.717) is 16.3 Å². The molecule has 0 saturated heterocycles. The molecule has 5 heteroatoms. The Balaban J connectivity index is 2.31. The molecule has 0 unspecified atom stereocenters. The summed E-state index contributed by atoms with van der Waals surface area (Å²) in [6.45, 7) is 1.87. The highest BCUT2D eigenvalue weighted by Crippen LogP contribution is 2.26. The van der Waals surface area contributed by atoms with Gasteiger partial charge in [-0.05, 0) is 58.7 Å². The predicted octanol–water partition coefficient (Wildman–Crippen LogP) is 5.43. The van der Waals surface area contributed by atoms with Crippen molar-refractivity contribution in [2.75, 3.05) is 5.32 Å². The van der Waals surface area contributed by atoms with Gasteiger partial charge in [0.25, 0.3) is 5.91 Å². The van der Waals surface area contributed by atoms with Crippen LogP contribution in [-0.4, -0.2) is 5.91 Å². The maximum absolute atomic E-state index is 12.2. The van der Waals surface area contributed by atoms with Crippen molar-refractivity contribution in [1.29, 1.82) is 0 Å². The number of carbonyl (C=O) groups is 1. The Hall–Kier alpha value is -0.840. The lowest BCUT2D eigenvalue weighted by Gasteiger charge is -2.10. The van der Waals surface area contributed by atoms with Crippen LogP contribution >= 0.6 is 43.5 Å². The Morgan fingerprint density at radius 2 is 1.95 bits per heavy atom. The Morgan fingerprint density at radius 3 is 2.68 bits per heavy atom. The second-order valence-electron chi connectivity index (χ2n) is 3.99. The normalized spacial score (nSPS) is 10.3. The van der Waals surface area contributed by atoms with Gasteiger partial charge in [0.05, 0.1) is 5.56 Å². The lowest BCUT2D eigenvalue weighted by molar-refractivity contribution is 0.102. The second kappa shape index (κ2) is 6.07. The van der Waals surface area contributed by atoms with Crippen LogP contribution in [0, 0.1) is 6.92 Å². The maximum Gasteiger partial charge on any atom is 0.256 e. The van der Waals surface area contributed by atoms with Gasteiger partial charge in [0.1, 0.15) is 0 Å². The average molecular weight is 404 g/mol. The zero-order valence-electron chi connectivity index (χ0n) is 10.0. The first kappa shape index (κ1) is 14.6. The molecule has 0 bridgehead atoms. The summed E-state index contributed by atoms with van der Waals surface area (Å²) in [7, 11) is 0. The smallest absolute Gasteiger partial charge is 0.256 e. The standard InChI is InChI=1S/C14H10Br2ClNO/c1-8-12(17)3-2-4-13(8)18-14(19)10-7-9(15)5-6-11(10)16/h2-7H,1H3,(H,18,19). The first-order chi connectivity index (χ1) is 8.99. The van der Waals surface area contributed by atoms with Crippen molar-refractivity contribution in [3.8, 4) is 0 Å². The number of halogens is 3. The third-order valence-corrected chi connectivity index (χ3v) is 4.28. The number of nitrogens with one attached hydrogen (secondary N) is 1. The van der Waals surface area contributed by atoms with Crippen LogP contribution in [-0.2, 0) is 0 Å². The topological polar surface area (TPSA) is 29.1 Å². The number of amides is 1. The molecule has 2 nitrogen and oxygen atoms in total. The minimum absolute atomic E-state index is 0.182. The fourth-order valence-electron chi connectivity index (χ4n) is 1.60. The molecule has 0 aliphatic rings. The van der Waals surface area contributed by atoms with Gasteiger partial charge in [-0.3, -0.25) is 4.79 Å². The van der Waals surface area contributed by atoms with Crippen LogP contribution in [0.3, 0.4) is 0 Å². The molecule has 0 atom stereocenters. The highest BCUT2D eigenvalue weighted by molar-refractivity contribution is 9.11. The Bertz CT molecular complexity index is 643. The molecule has 2 aromatic rings. The van der Waals surface area contributed by atoms with Crippen molar-refractivity contribution in [3.63, 3.8) is 0 Å². The summed E-state index contributed by atoms with van der Waals surface area (Å²) >= 11 is 12.8. The molecule has 0 aromatic heterocycles. The van der Waals surface area contributed by atoms with E-state index in [2.05, 4.69) is 37.2 Å². The lowest BCUT2D eigenvalue weighted by Crippen LogP contribution is -2.13. The lowest BCUT2D eigenvalue weighted by atomic mass is 10.1. The highest BCUT2D eigenvalue weighted by atomic mass is 79.9. The van der Waals surface area contributed by atoms with Crippen molar-refractivity contribution in [1.82, 2.24) is 0 Å². The van der Waals surface area contributed by atoms with Gasteiger partial charge in [-0.15, -0.1) is 0 Å². The van der Waals surface area contributed by atoms with E-state index in [-0.39, 0.29) is 5.91 Å². The van der Waals surface area contributed by atoms with Gasteiger partial charge >= 0.3 is 0 Å². The third kappa shape index (κ3) is 3.38. The maximum atomic E-state index is 12.2. The van der Waals surface area contributed by atoms with Crippen molar-refractivity contribution >= 4 is 55.1 Å². The predicted molar refractivity (Wildman–Crippen MR) is 86.0 cm³/mol. The van der Waals surface area contributed by atoms with Gasteiger partial charge < -0.3 is 5.32 Å². The quantitative estimate of drug-likeness (QED) is 0.712. The fourth-order valence-corrected chi connectivity index (χ4v) is 2.57. The summed E-state index contributed by atoms with van der Waals surface area (Å²) in [5, 5.41) is 3.49. The first-order valence-corrected chi connectivity index (χ1v) is 7.47. The third-order valence-electron chi connectivity index (χ3n) is 2.69. The van der Waals surface area contributed by atoms with Crippen molar-refractivity contribution < 1.29 is 4.79 Å². The van der Waals surface area contributed by atoms with E-state index in [1.807, 2.05) is 25.1 Å². The molecule has 1 N–H and O–H groups in total. The van der Waals surface area contributed by atoms with E-state index in [1.165, 1.54) is 0 Å². The summed E-state index contributed by atoms with van der Waals surface area (Å²) in [5.74, 6) is -0.182. The van der Waals surface area contributed by atoms with E-state index in [4.69, 9.17) is 11.6 Å². The monoisotopic (exact) mass is 401 g/mol. The van der Waals surface area contributed by atoms with Crippen LogP contribution in [0.1, 0.15) is 15.9 Å². The van der Waals surface area contributed by atoms with Gasteiger partial charge in [0.15, 0.2) is 0 Å². The number of anilines is 1. The molecule has 0 saturated carbocycles. The van der Waals surface area contributed by atoms with Gasteiger partial charge in [-0.1, -0.05) is 33.6 Å². The number of benzene rings is 2. The Kier molecular flexibility index (Phi) is 4.66. The molecule has 98 valence electrons. The number of carbonyl (C=O) groups excluding carboxylic acids is 1. The minimum Gasteiger partial charge on any atom is -0.322 e. The molecular formula is C14H10Br2ClNO. The first-order valence-electron chi connectivity index (χ1n) is 5.50. The Labute approximate surface area is 133 Å². The minimum atomic E-state index is -0.182. The van der Waals surface area contributed by atoms with Gasteiger partial charge in [-0.25, -0.2) is 0 Å². The number of rotatable bonds is 2. The summed E-state index contributed by atoms with van der Waals surface area (Å²) in [6.07, 6.45) is 0. The zero-order chi connectivity index (χ0) is 14.0. The summed E-state index contributed by atoms with van der Waals surface area (Å²) in [5.41, 5.74) is 2.13. The van der Waals surface area contributed by atoms with E-state index in [1.54, 1.807) is 18.2 Å². The van der Waals surface area contributed by atoms with Crippen molar-refractivity contribution in [2.24, 2.45) is 0 Å². The van der Waals surface area contributed by atoms with Gasteiger partial charge in [-0.2, -0.15) is 0 Å². The zero-order valence-corrected chi connectivity index (χ0v) is 13.9. The van der Waals surface area contributed by atoms with E-state index >= 15 is 0 Å².